The van der Waals surface area contributed by atoms with Crippen LogP contribution in [0.4, 0.5) is 0 Å². The first-order valence-corrected chi connectivity index (χ1v) is 28.7. The van der Waals surface area contributed by atoms with E-state index in [-0.39, 0.29) is 44.0 Å². The number of allylic oxidation sites excluding steroid dienone is 22. The molecule has 0 rings (SSSR count). The van der Waals surface area contributed by atoms with Gasteiger partial charge in [0, 0.05) is 19.3 Å². The van der Waals surface area contributed by atoms with Crippen molar-refractivity contribution in [2.45, 2.75) is 245 Å². The van der Waals surface area contributed by atoms with Crippen molar-refractivity contribution >= 4 is 17.9 Å². The van der Waals surface area contributed by atoms with Crippen LogP contribution in [0.1, 0.15) is 239 Å². The van der Waals surface area contributed by atoms with Gasteiger partial charge in [-0.15, -0.1) is 0 Å². The summed E-state index contributed by atoms with van der Waals surface area (Å²) in [7, 11) is 0. The Morgan fingerprint density at radius 3 is 0.958 bits per heavy atom. The third-order valence-electron chi connectivity index (χ3n) is 11.6. The van der Waals surface area contributed by atoms with Gasteiger partial charge in [-0.05, 0) is 135 Å². The van der Waals surface area contributed by atoms with Crippen LogP contribution in [-0.4, -0.2) is 37.2 Å². The summed E-state index contributed by atoms with van der Waals surface area (Å²) in [5.41, 5.74) is 0. The topological polar surface area (TPSA) is 78.9 Å². The highest BCUT2D eigenvalue weighted by atomic mass is 16.6. The van der Waals surface area contributed by atoms with Crippen molar-refractivity contribution < 1.29 is 28.6 Å². The zero-order chi connectivity index (χ0) is 51.4. The second-order valence-corrected chi connectivity index (χ2v) is 18.5. The number of unbranched alkanes of at least 4 members (excludes halogenated alkanes) is 17. The molecular formula is C65H104O6. The van der Waals surface area contributed by atoms with Crippen molar-refractivity contribution in [2.24, 2.45) is 0 Å². The standard InChI is InChI=1S/C65H104O6/c1-4-7-10-13-16-19-22-25-28-31-32-35-38-41-44-47-50-53-56-59-65(68)71-62(60-69-63(66)57-54-51-48-45-42-39-36-33-29-26-23-20-17-14-11-8-5-2)61-70-64(67)58-55-52-49-46-43-40-37-34-30-27-24-21-18-15-12-9-6-3/h7,10,16-17,19-20,25-30,32,35-37,39-41,44,46,49,62H,4-6,8-9,11-15,18,21-24,31,33-34,38,42-43,45,47-48,50-61H2,1-3H3/b10-7-,19-16-,20-17-,28-25-,29-26-,30-27-,35-32-,39-36-,40-37-,44-41-,49-46-/t62-/m1/s1. The van der Waals surface area contributed by atoms with Gasteiger partial charge in [-0.3, -0.25) is 14.4 Å². The maximum absolute atomic E-state index is 12.9. The van der Waals surface area contributed by atoms with Crippen LogP contribution < -0.4 is 0 Å². The van der Waals surface area contributed by atoms with E-state index in [0.29, 0.717) is 19.3 Å². The van der Waals surface area contributed by atoms with Crippen molar-refractivity contribution in [2.75, 3.05) is 13.2 Å². The van der Waals surface area contributed by atoms with E-state index >= 15 is 0 Å². The van der Waals surface area contributed by atoms with Gasteiger partial charge in [0.15, 0.2) is 6.10 Å². The summed E-state index contributed by atoms with van der Waals surface area (Å²) >= 11 is 0. The smallest absolute Gasteiger partial charge is 0.306 e. The van der Waals surface area contributed by atoms with Crippen LogP contribution in [0.5, 0.6) is 0 Å². The largest absolute Gasteiger partial charge is 0.462 e. The molecule has 0 saturated heterocycles. The summed E-state index contributed by atoms with van der Waals surface area (Å²) in [6.07, 6.45) is 81.6. The molecule has 0 radical (unpaired) electrons. The fourth-order valence-electron chi connectivity index (χ4n) is 7.31. The van der Waals surface area contributed by atoms with E-state index in [9.17, 15) is 14.4 Å². The number of hydrogen-bond acceptors (Lipinski definition) is 6. The third-order valence-corrected chi connectivity index (χ3v) is 11.6. The number of hydrogen-bond donors (Lipinski definition) is 0. The lowest BCUT2D eigenvalue weighted by Crippen LogP contribution is -2.30. The average Bonchev–Trinajstić information content (AvgIpc) is 3.37. The highest BCUT2D eigenvalue weighted by molar-refractivity contribution is 5.71. The van der Waals surface area contributed by atoms with Crippen LogP contribution in [0.2, 0.25) is 0 Å². The zero-order valence-electron chi connectivity index (χ0n) is 45.7. The normalized spacial score (nSPS) is 13.1. The fraction of sp³-hybridized carbons (Fsp3) is 0.615. The molecule has 0 unspecified atom stereocenters. The van der Waals surface area contributed by atoms with E-state index in [1.165, 1.54) is 70.6 Å². The molecule has 400 valence electrons. The van der Waals surface area contributed by atoms with E-state index in [2.05, 4.69) is 154 Å². The Balaban J connectivity index is 4.59. The minimum Gasteiger partial charge on any atom is -0.462 e. The molecule has 0 saturated carbocycles. The van der Waals surface area contributed by atoms with Crippen molar-refractivity contribution in [1.82, 2.24) is 0 Å². The minimum atomic E-state index is -0.831. The lowest BCUT2D eigenvalue weighted by Gasteiger charge is -2.18. The molecule has 0 amide bonds. The first-order valence-electron chi connectivity index (χ1n) is 28.7. The highest BCUT2D eigenvalue weighted by Crippen LogP contribution is 2.12. The quantitative estimate of drug-likeness (QED) is 0.0262. The number of carbonyl (C=O) groups excluding carboxylic acids is 3. The van der Waals surface area contributed by atoms with E-state index in [1.807, 2.05) is 0 Å². The molecule has 0 aliphatic rings. The van der Waals surface area contributed by atoms with Gasteiger partial charge in [0.1, 0.15) is 13.2 Å². The first-order chi connectivity index (χ1) is 35.0. The van der Waals surface area contributed by atoms with Gasteiger partial charge in [0.25, 0.3) is 0 Å². The molecule has 0 aromatic heterocycles. The summed E-state index contributed by atoms with van der Waals surface area (Å²) in [6.45, 7) is 6.39. The Morgan fingerprint density at radius 2 is 0.563 bits per heavy atom. The van der Waals surface area contributed by atoms with Crippen molar-refractivity contribution in [3.8, 4) is 0 Å². The molecule has 0 N–H and O–H groups in total. The Hall–Kier alpha value is -4.45. The SMILES string of the molecule is CC/C=C\C/C=C\C/C=C\C/C=C\C/C=C\CCCCCC(=O)O[C@@H](COC(=O)CCC/C=C\C/C=C\C/C=C\CCCCCCCC)COC(=O)CCCCCC/C=C\C/C=C\C/C=C\CCCCC. The Bertz CT molecular complexity index is 1550. The summed E-state index contributed by atoms with van der Waals surface area (Å²) in [5, 5.41) is 0. The number of rotatable bonds is 50. The number of carbonyl (C=O) groups is 3. The van der Waals surface area contributed by atoms with Crippen LogP contribution in [0.25, 0.3) is 0 Å². The van der Waals surface area contributed by atoms with Crippen LogP contribution in [0.3, 0.4) is 0 Å². The summed E-state index contributed by atoms with van der Waals surface area (Å²) in [4.78, 5) is 38.2. The number of ether oxygens (including phenoxy) is 3. The zero-order valence-corrected chi connectivity index (χ0v) is 45.7. The average molecular weight is 982 g/mol. The van der Waals surface area contributed by atoms with Crippen LogP contribution in [0, 0.1) is 0 Å². The van der Waals surface area contributed by atoms with E-state index < -0.39 is 6.10 Å². The Kier molecular flexibility index (Phi) is 54.5. The summed E-state index contributed by atoms with van der Waals surface area (Å²) in [6, 6.07) is 0. The summed E-state index contributed by atoms with van der Waals surface area (Å²) < 4.78 is 16.8. The van der Waals surface area contributed by atoms with Crippen LogP contribution in [0.15, 0.2) is 134 Å². The predicted octanol–water partition coefficient (Wildman–Crippen LogP) is 19.4. The van der Waals surface area contributed by atoms with Gasteiger partial charge in [-0.2, -0.15) is 0 Å². The molecule has 0 aromatic rings. The summed E-state index contributed by atoms with van der Waals surface area (Å²) in [5.74, 6) is -1.03. The van der Waals surface area contributed by atoms with Crippen molar-refractivity contribution in [3.63, 3.8) is 0 Å². The Labute approximate surface area is 436 Å². The van der Waals surface area contributed by atoms with E-state index in [0.717, 1.165) is 116 Å². The molecule has 0 heterocycles. The molecule has 6 heteroatoms. The molecular weight excluding hydrogens is 877 g/mol. The molecule has 0 fully saturated rings. The van der Waals surface area contributed by atoms with Gasteiger partial charge < -0.3 is 14.2 Å². The van der Waals surface area contributed by atoms with E-state index in [1.54, 1.807) is 0 Å². The lowest BCUT2D eigenvalue weighted by atomic mass is 10.1. The third kappa shape index (κ3) is 56.3. The molecule has 0 bridgehead atoms. The fourth-order valence-corrected chi connectivity index (χ4v) is 7.31. The molecule has 0 aromatic carbocycles. The van der Waals surface area contributed by atoms with Gasteiger partial charge >= 0.3 is 17.9 Å². The molecule has 0 spiro atoms. The minimum absolute atomic E-state index is 0.123. The molecule has 6 nitrogen and oxygen atoms in total. The number of esters is 3. The maximum Gasteiger partial charge on any atom is 0.306 e. The predicted molar refractivity (Wildman–Crippen MR) is 306 cm³/mol. The second-order valence-electron chi connectivity index (χ2n) is 18.5. The van der Waals surface area contributed by atoms with Gasteiger partial charge in [-0.25, -0.2) is 0 Å². The second kappa shape index (κ2) is 58.1. The highest BCUT2D eigenvalue weighted by Gasteiger charge is 2.19. The van der Waals surface area contributed by atoms with E-state index in [4.69, 9.17) is 14.2 Å². The lowest BCUT2D eigenvalue weighted by molar-refractivity contribution is -0.167. The first kappa shape index (κ1) is 66.6. The Morgan fingerprint density at radius 1 is 0.296 bits per heavy atom. The van der Waals surface area contributed by atoms with Gasteiger partial charge in [0.05, 0.1) is 0 Å². The van der Waals surface area contributed by atoms with Crippen LogP contribution >= 0.6 is 0 Å². The molecule has 0 aliphatic heterocycles. The molecule has 71 heavy (non-hydrogen) atoms. The van der Waals surface area contributed by atoms with Crippen LogP contribution in [-0.2, 0) is 28.6 Å². The molecule has 0 aliphatic carbocycles. The van der Waals surface area contributed by atoms with Crippen molar-refractivity contribution in [1.29, 1.82) is 0 Å². The molecule has 1 atom stereocenters. The van der Waals surface area contributed by atoms with Crippen molar-refractivity contribution in [3.05, 3.63) is 134 Å². The van der Waals surface area contributed by atoms with Gasteiger partial charge in [-0.1, -0.05) is 219 Å². The maximum atomic E-state index is 12.9. The monoisotopic (exact) mass is 981 g/mol. The van der Waals surface area contributed by atoms with Gasteiger partial charge in [0.2, 0.25) is 0 Å².